The Morgan fingerprint density at radius 1 is 0.731 bits per heavy atom. The van der Waals surface area contributed by atoms with Crippen LogP contribution in [0.1, 0.15) is 36.8 Å². The Bertz CT molecular complexity index is 518. The van der Waals surface area contributed by atoms with Gasteiger partial charge in [0.25, 0.3) is 0 Å². The number of hydrogen-bond donors (Lipinski definition) is 1. The highest BCUT2D eigenvalue weighted by molar-refractivity contribution is 7.98. The van der Waals surface area contributed by atoms with Gasteiger partial charge in [0.15, 0.2) is 0 Å². The van der Waals surface area contributed by atoms with Crippen LogP contribution in [0.4, 0.5) is 0 Å². The van der Waals surface area contributed by atoms with E-state index >= 15 is 0 Å². The summed E-state index contributed by atoms with van der Waals surface area (Å²) in [7, 11) is 0. The van der Waals surface area contributed by atoms with Gasteiger partial charge in [0.1, 0.15) is 0 Å². The van der Waals surface area contributed by atoms with Gasteiger partial charge in [0.05, 0.1) is 0 Å². The molecule has 1 aliphatic rings. The summed E-state index contributed by atoms with van der Waals surface area (Å²) in [5.74, 6) is 4.31. The molecule has 0 aromatic heterocycles. The minimum atomic E-state index is 0. The van der Waals surface area contributed by atoms with Gasteiger partial charge >= 0.3 is 0 Å². The van der Waals surface area contributed by atoms with Crippen molar-refractivity contribution in [2.24, 2.45) is 11.8 Å². The van der Waals surface area contributed by atoms with Crippen molar-refractivity contribution in [3.8, 4) is 0 Å². The second kappa shape index (κ2) is 13.5. The molecule has 1 aliphatic carbocycles. The highest BCUT2D eigenvalue weighted by Gasteiger charge is 2.20. The van der Waals surface area contributed by atoms with Crippen molar-refractivity contribution in [2.75, 3.05) is 12.3 Å². The van der Waals surface area contributed by atoms with Gasteiger partial charge in [0.2, 0.25) is 0 Å². The summed E-state index contributed by atoms with van der Waals surface area (Å²) >= 11 is 2.11. The molecular formula is C22H31Cl2NS. The fourth-order valence-corrected chi connectivity index (χ4v) is 4.75. The van der Waals surface area contributed by atoms with Crippen molar-refractivity contribution in [2.45, 2.75) is 38.0 Å². The quantitative estimate of drug-likeness (QED) is 0.541. The lowest BCUT2D eigenvalue weighted by Crippen LogP contribution is -2.26. The molecule has 2 aromatic carbocycles. The fraction of sp³-hybridized carbons (Fsp3) is 0.455. The average molecular weight is 412 g/mol. The molecule has 144 valence electrons. The summed E-state index contributed by atoms with van der Waals surface area (Å²) < 4.78 is 0. The van der Waals surface area contributed by atoms with Crippen LogP contribution in [0.25, 0.3) is 0 Å². The van der Waals surface area contributed by atoms with Gasteiger partial charge in [-0.05, 0) is 60.9 Å². The maximum Gasteiger partial charge on any atom is 0.0205 e. The topological polar surface area (TPSA) is 12.0 Å². The van der Waals surface area contributed by atoms with E-state index in [0.717, 1.165) is 18.4 Å². The second-order valence-electron chi connectivity index (χ2n) is 7.00. The van der Waals surface area contributed by atoms with Gasteiger partial charge in [-0.3, -0.25) is 0 Å². The van der Waals surface area contributed by atoms with Crippen LogP contribution >= 0.6 is 36.6 Å². The molecule has 1 fully saturated rings. The molecule has 0 radical (unpaired) electrons. The molecule has 0 atom stereocenters. The van der Waals surface area contributed by atoms with E-state index in [-0.39, 0.29) is 24.8 Å². The molecule has 0 bridgehead atoms. The third-order valence-electron chi connectivity index (χ3n) is 5.04. The first-order valence-electron chi connectivity index (χ1n) is 9.26. The molecule has 0 amide bonds. The van der Waals surface area contributed by atoms with Crippen LogP contribution in [0, 0.1) is 11.8 Å². The lowest BCUT2D eigenvalue weighted by atomic mass is 9.83. The van der Waals surface area contributed by atoms with Crippen molar-refractivity contribution < 1.29 is 0 Å². The summed E-state index contributed by atoms with van der Waals surface area (Å²) in [6, 6.07) is 21.6. The SMILES string of the molecule is Cl.Cl.c1ccc(CNCC2CCC(CSCc3ccccc3)CC2)cc1. The highest BCUT2D eigenvalue weighted by atomic mass is 35.5. The van der Waals surface area contributed by atoms with Crippen molar-refractivity contribution in [1.82, 2.24) is 5.32 Å². The van der Waals surface area contributed by atoms with E-state index in [2.05, 4.69) is 77.7 Å². The first-order chi connectivity index (χ1) is 11.9. The van der Waals surface area contributed by atoms with Crippen molar-refractivity contribution in [1.29, 1.82) is 0 Å². The summed E-state index contributed by atoms with van der Waals surface area (Å²) in [5, 5.41) is 3.65. The normalized spacial score (nSPS) is 19.2. The zero-order chi connectivity index (χ0) is 16.5. The molecular weight excluding hydrogens is 381 g/mol. The molecule has 26 heavy (non-hydrogen) atoms. The zero-order valence-electron chi connectivity index (χ0n) is 15.3. The average Bonchev–Trinajstić information content (AvgIpc) is 2.65. The summed E-state index contributed by atoms with van der Waals surface area (Å²) in [4.78, 5) is 0. The monoisotopic (exact) mass is 411 g/mol. The number of rotatable bonds is 8. The molecule has 4 heteroatoms. The van der Waals surface area contributed by atoms with Crippen LogP contribution in [0.3, 0.4) is 0 Å². The molecule has 2 aromatic rings. The Kier molecular flexibility index (Phi) is 12.1. The Labute approximate surface area is 175 Å². The maximum atomic E-state index is 3.65. The zero-order valence-corrected chi connectivity index (χ0v) is 17.8. The standard InChI is InChI=1S/C22H29NS.2ClH/c1-3-7-19(8-4-1)15-23-16-20-11-13-22(14-12-20)18-24-17-21-9-5-2-6-10-21;;/h1-10,20,22-23H,11-18H2;2*1H. The second-order valence-corrected chi connectivity index (χ2v) is 8.03. The molecule has 1 saturated carbocycles. The minimum absolute atomic E-state index is 0. The van der Waals surface area contributed by atoms with Gasteiger partial charge in [0, 0.05) is 12.3 Å². The molecule has 0 heterocycles. The third-order valence-corrected chi connectivity index (χ3v) is 6.28. The van der Waals surface area contributed by atoms with E-state index in [1.54, 1.807) is 0 Å². The first kappa shape index (κ1) is 23.4. The van der Waals surface area contributed by atoms with Crippen LogP contribution in [0.5, 0.6) is 0 Å². The summed E-state index contributed by atoms with van der Waals surface area (Å²) in [5.41, 5.74) is 2.85. The van der Waals surface area contributed by atoms with Crippen molar-refractivity contribution >= 4 is 36.6 Å². The van der Waals surface area contributed by atoms with Crippen LogP contribution in [-0.2, 0) is 12.3 Å². The van der Waals surface area contributed by atoms with Gasteiger partial charge in [-0.2, -0.15) is 11.8 Å². The van der Waals surface area contributed by atoms with Gasteiger partial charge in [-0.1, -0.05) is 60.7 Å². The number of nitrogens with one attached hydrogen (secondary N) is 1. The van der Waals surface area contributed by atoms with E-state index in [0.29, 0.717) is 0 Å². The Morgan fingerprint density at radius 3 is 1.88 bits per heavy atom. The van der Waals surface area contributed by atoms with Crippen LogP contribution in [0.15, 0.2) is 60.7 Å². The van der Waals surface area contributed by atoms with E-state index < -0.39 is 0 Å². The van der Waals surface area contributed by atoms with Crippen LogP contribution in [-0.4, -0.2) is 12.3 Å². The number of benzene rings is 2. The number of halogens is 2. The fourth-order valence-electron chi connectivity index (χ4n) is 3.54. The van der Waals surface area contributed by atoms with Crippen LogP contribution in [0.2, 0.25) is 0 Å². The molecule has 0 aliphatic heterocycles. The lowest BCUT2D eigenvalue weighted by molar-refractivity contribution is 0.284. The Balaban J connectivity index is 0.00000169. The lowest BCUT2D eigenvalue weighted by Gasteiger charge is -2.28. The largest absolute Gasteiger partial charge is 0.312 e. The molecule has 1 nitrogen and oxygen atoms in total. The maximum absolute atomic E-state index is 3.65. The minimum Gasteiger partial charge on any atom is -0.312 e. The molecule has 0 saturated heterocycles. The van der Waals surface area contributed by atoms with Crippen LogP contribution < -0.4 is 5.32 Å². The van der Waals surface area contributed by atoms with Crippen molar-refractivity contribution in [3.63, 3.8) is 0 Å². The van der Waals surface area contributed by atoms with E-state index in [1.807, 2.05) is 0 Å². The predicted octanol–water partition coefficient (Wildman–Crippen LogP) is 6.36. The van der Waals surface area contributed by atoms with Gasteiger partial charge in [-0.25, -0.2) is 0 Å². The highest BCUT2D eigenvalue weighted by Crippen LogP contribution is 2.31. The number of thioether (sulfide) groups is 1. The Hall–Kier alpha value is -0.670. The molecule has 3 rings (SSSR count). The van der Waals surface area contributed by atoms with Crippen molar-refractivity contribution in [3.05, 3.63) is 71.8 Å². The smallest absolute Gasteiger partial charge is 0.0205 e. The third kappa shape index (κ3) is 8.35. The molecule has 0 unspecified atom stereocenters. The van der Waals surface area contributed by atoms with Gasteiger partial charge in [-0.15, -0.1) is 24.8 Å². The first-order valence-corrected chi connectivity index (χ1v) is 10.4. The van der Waals surface area contributed by atoms with E-state index in [4.69, 9.17) is 0 Å². The summed E-state index contributed by atoms with van der Waals surface area (Å²) in [6.45, 7) is 2.19. The predicted molar refractivity (Wildman–Crippen MR) is 121 cm³/mol. The Morgan fingerprint density at radius 2 is 1.27 bits per heavy atom. The van der Waals surface area contributed by atoms with E-state index in [1.165, 1.54) is 54.9 Å². The summed E-state index contributed by atoms with van der Waals surface area (Å²) in [6.07, 6.45) is 5.63. The molecule has 1 N–H and O–H groups in total. The van der Waals surface area contributed by atoms with Gasteiger partial charge < -0.3 is 5.32 Å². The molecule has 0 spiro atoms. The van der Waals surface area contributed by atoms with E-state index in [9.17, 15) is 0 Å². The number of hydrogen-bond acceptors (Lipinski definition) is 2.